The first-order valence-corrected chi connectivity index (χ1v) is 12.9. The molecule has 5 N–H and O–H groups in total. The molecule has 3 aromatic rings. The number of aliphatic hydroxyl groups is 2. The van der Waals surface area contributed by atoms with Crippen LogP contribution in [0.4, 0.5) is 25.8 Å². The molecule has 0 saturated heterocycles. The highest BCUT2D eigenvalue weighted by Gasteiger charge is 2.28. The minimum atomic E-state index is -4.25. The van der Waals surface area contributed by atoms with Gasteiger partial charge in [-0.05, 0) is 69.2 Å². The van der Waals surface area contributed by atoms with Crippen LogP contribution in [-0.2, 0) is 10.2 Å². The Morgan fingerprint density at radius 2 is 1.89 bits per heavy atom. The molecule has 1 atom stereocenters. The van der Waals surface area contributed by atoms with Gasteiger partial charge in [0, 0.05) is 15.6 Å². The molecule has 35 heavy (non-hydrogen) atoms. The van der Waals surface area contributed by atoms with Crippen molar-refractivity contribution in [3.8, 4) is 11.3 Å². The Morgan fingerprint density at radius 1 is 1.14 bits per heavy atom. The first-order valence-electron chi connectivity index (χ1n) is 10.6. The van der Waals surface area contributed by atoms with Crippen molar-refractivity contribution in [2.45, 2.75) is 38.3 Å². The minimum Gasteiger partial charge on any atom is -0.464 e. The number of benzene rings is 2. The lowest BCUT2D eigenvalue weighted by Crippen LogP contribution is -2.46. The maximum atomic E-state index is 14.6. The van der Waals surface area contributed by atoms with Gasteiger partial charge in [-0.15, -0.1) is 0 Å². The summed E-state index contributed by atoms with van der Waals surface area (Å²) < 4.78 is 66.0. The maximum absolute atomic E-state index is 14.6. The van der Waals surface area contributed by atoms with Gasteiger partial charge < -0.3 is 19.9 Å². The summed E-state index contributed by atoms with van der Waals surface area (Å²) in [5, 5.41) is 21.4. The number of anilines is 3. The molecule has 8 nitrogen and oxygen atoms in total. The molecule has 1 unspecified atom stereocenters. The highest BCUT2D eigenvalue weighted by molar-refractivity contribution is 9.10. The molecular formula is C23H26BrF2N3O5S. The lowest BCUT2D eigenvalue weighted by molar-refractivity contribution is 0.0814. The average Bonchev–Trinajstić information content (AvgIpc) is 3.29. The van der Waals surface area contributed by atoms with Crippen molar-refractivity contribution in [3.05, 3.63) is 64.8 Å². The van der Waals surface area contributed by atoms with E-state index in [1.54, 1.807) is 26.0 Å². The zero-order valence-corrected chi connectivity index (χ0v) is 21.4. The van der Waals surface area contributed by atoms with Crippen molar-refractivity contribution in [1.82, 2.24) is 4.72 Å². The Morgan fingerprint density at radius 3 is 2.51 bits per heavy atom. The third-order valence-corrected chi connectivity index (χ3v) is 6.84. The molecule has 3 rings (SSSR count). The Hall–Kier alpha value is -2.51. The van der Waals surface area contributed by atoms with E-state index in [9.17, 15) is 22.3 Å². The van der Waals surface area contributed by atoms with Crippen LogP contribution in [0.3, 0.4) is 0 Å². The zero-order chi connectivity index (χ0) is 25.8. The number of nitrogens with one attached hydrogen (secondary N) is 3. The second-order valence-corrected chi connectivity index (χ2v) is 10.9. The van der Waals surface area contributed by atoms with Crippen LogP contribution in [0.25, 0.3) is 11.3 Å². The van der Waals surface area contributed by atoms with Gasteiger partial charge in [-0.25, -0.2) is 8.78 Å². The number of hydrogen-bond donors (Lipinski definition) is 5. The van der Waals surface area contributed by atoms with Crippen LogP contribution in [0.15, 0.2) is 57.6 Å². The van der Waals surface area contributed by atoms with Gasteiger partial charge in [0.25, 0.3) is 10.2 Å². The van der Waals surface area contributed by atoms with E-state index in [4.69, 9.17) is 9.52 Å². The molecule has 0 aliphatic heterocycles. The number of rotatable bonds is 11. The lowest BCUT2D eigenvalue weighted by atomic mass is 9.98. The number of furan rings is 1. The molecule has 0 saturated carbocycles. The Bertz CT molecular complexity index is 1270. The van der Waals surface area contributed by atoms with Gasteiger partial charge in [-0.2, -0.15) is 13.1 Å². The van der Waals surface area contributed by atoms with Crippen LogP contribution < -0.4 is 14.8 Å². The van der Waals surface area contributed by atoms with E-state index in [1.165, 1.54) is 24.5 Å². The molecule has 0 fully saturated rings. The fourth-order valence-electron chi connectivity index (χ4n) is 3.37. The highest BCUT2D eigenvalue weighted by Crippen LogP contribution is 2.38. The van der Waals surface area contributed by atoms with Crippen LogP contribution in [0.2, 0.25) is 0 Å². The first kappa shape index (κ1) is 27.1. The lowest BCUT2D eigenvalue weighted by Gasteiger charge is -2.28. The predicted octanol–water partition coefficient (Wildman–Crippen LogP) is 4.89. The maximum Gasteiger partial charge on any atom is 0.299 e. The molecule has 0 bridgehead atoms. The molecule has 0 aliphatic rings. The predicted molar refractivity (Wildman–Crippen MR) is 134 cm³/mol. The third-order valence-electron chi connectivity index (χ3n) is 5.05. The topological polar surface area (TPSA) is 124 Å². The van der Waals surface area contributed by atoms with Crippen molar-refractivity contribution in [2.24, 2.45) is 0 Å². The molecule has 2 aromatic carbocycles. The third kappa shape index (κ3) is 7.48. The van der Waals surface area contributed by atoms with Gasteiger partial charge >= 0.3 is 0 Å². The summed E-state index contributed by atoms with van der Waals surface area (Å²) in [6.07, 6.45) is 0.759. The van der Waals surface area contributed by atoms with Crippen LogP contribution in [0, 0.1) is 11.6 Å². The summed E-state index contributed by atoms with van der Waals surface area (Å²) in [5.74, 6) is -1.16. The van der Waals surface area contributed by atoms with Crippen molar-refractivity contribution in [2.75, 3.05) is 16.6 Å². The molecule has 12 heteroatoms. The van der Waals surface area contributed by atoms with Gasteiger partial charge in [0.1, 0.15) is 17.4 Å². The van der Waals surface area contributed by atoms with Gasteiger partial charge in [-0.3, -0.25) is 4.72 Å². The summed E-state index contributed by atoms with van der Waals surface area (Å²) in [6, 6.07) is 9.44. The van der Waals surface area contributed by atoms with E-state index in [0.717, 1.165) is 12.1 Å². The molecule has 0 amide bonds. The zero-order valence-electron chi connectivity index (χ0n) is 19.0. The van der Waals surface area contributed by atoms with Gasteiger partial charge in [0.05, 0.1) is 36.0 Å². The molecule has 0 spiro atoms. The normalized spacial score (nSPS) is 13.0. The van der Waals surface area contributed by atoms with E-state index in [-0.39, 0.29) is 41.2 Å². The summed E-state index contributed by atoms with van der Waals surface area (Å²) in [6.45, 7) is 2.79. The summed E-state index contributed by atoms with van der Waals surface area (Å²) in [7, 11) is -4.25. The second-order valence-electron chi connectivity index (χ2n) is 8.57. The van der Waals surface area contributed by atoms with Crippen LogP contribution in [-0.4, -0.2) is 36.9 Å². The van der Waals surface area contributed by atoms with E-state index < -0.39 is 40.1 Å². The summed E-state index contributed by atoms with van der Waals surface area (Å²) in [4.78, 5) is 0. The fraction of sp³-hybridized carbons (Fsp3) is 0.304. The van der Waals surface area contributed by atoms with Crippen LogP contribution in [0.5, 0.6) is 0 Å². The largest absolute Gasteiger partial charge is 0.464 e. The number of hydrogen-bond acceptors (Lipinski definition) is 6. The fourth-order valence-corrected chi connectivity index (χ4v) is 5.07. The van der Waals surface area contributed by atoms with Crippen molar-refractivity contribution in [3.63, 3.8) is 0 Å². The second kappa shape index (κ2) is 11.0. The van der Waals surface area contributed by atoms with Crippen molar-refractivity contribution in [1.29, 1.82) is 0 Å². The minimum absolute atomic E-state index is 0.00378. The van der Waals surface area contributed by atoms with E-state index in [1.807, 2.05) is 0 Å². The Balaban J connectivity index is 2.00. The highest BCUT2D eigenvalue weighted by atomic mass is 79.9. The quantitative estimate of drug-likeness (QED) is 0.222. The molecule has 190 valence electrons. The smallest absolute Gasteiger partial charge is 0.299 e. The van der Waals surface area contributed by atoms with Crippen LogP contribution in [0.1, 0.15) is 26.7 Å². The van der Waals surface area contributed by atoms with Crippen molar-refractivity contribution >= 4 is 43.2 Å². The molecule has 0 radical (unpaired) electrons. The molecule has 0 aliphatic carbocycles. The first-order chi connectivity index (χ1) is 16.4. The van der Waals surface area contributed by atoms with E-state index in [0.29, 0.717) is 4.47 Å². The molecule has 1 aromatic heterocycles. The Kier molecular flexibility index (Phi) is 8.54. The number of halogens is 3. The standard InChI is InChI=1S/C23H26BrF2N3O5S/c1-23(2,8-7-16(31)13-30)29-35(32,33)28-22-17(21-4-3-9-34-21)11-15(25)12-20(22)27-19-6-5-14(24)10-18(19)26/h3-6,9-12,16,27-31H,7-8,13H2,1-2H3. The average molecular weight is 574 g/mol. The Labute approximate surface area is 210 Å². The van der Waals surface area contributed by atoms with Gasteiger partial charge in [0.2, 0.25) is 0 Å². The SMILES string of the molecule is CC(C)(CCC(O)CO)NS(=O)(=O)Nc1c(Nc2ccc(Br)cc2F)cc(F)cc1-c1ccco1. The van der Waals surface area contributed by atoms with Gasteiger partial charge in [0.15, 0.2) is 0 Å². The summed E-state index contributed by atoms with van der Waals surface area (Å²) in [5.41, 5.74) is -1.03. The van der Waals surface area contributed by atoms with Crippen LogP contribution >= 0.6 is 15.9 Å². The molecule has 1 heterocycles. The molecular weight excluding hydrogens is 548 g/mol. The number of aliphatic hydroxyl groups excluding tert-OH is 2. The van der Waals surface area contributed by atoms with E-state index in [2.05, 4.69) is 30.7 Å². The van der Waals surface area contributed by atoms with Gasteiger partial charge in [-0.1, -0.05) is 15.9 Å². The monoisotopic (exact) mass is 573 g/mol. The van der Waals surface area contributed by atoms with E-state index >= 15 is 0 Å². The summed E-state index contributed by atoms with van der Waals surface area (Å²) >= 11 is 3.17. The van der Waals surface area contributed by atoms with Crippen molar-refractivity contribution < 1.29 is 31.8 Å².